The first-order valence-corrected chi connectivity index (χ1v) is 12.6. The van der Waals surface area contributed by atoms with Crippen LogP contribution >= 0.6 is 0 Å². The molecule has 0 spiro atoms. The van der Waals surface area contributed by atoms with Crippen LogP contribution in [-0.4, -0.2) is 28.3 Å². The number of nitrogens with zero attached hydrogens (tertiary/aromatic N) is 1. The number of sulfone groups is 2. The van der Waals surface area contributed by atoms with Gasteiger partial charge in [0.05, 0.1) is 11.5 Å². The molecule has 0 aliphatic carbocycles. The van der Waals surface area contributed by atoms with E-state index in [4.69, 9.17) is 4.42 Å². The summed E-state index contributed by atoms with van der Waals surface area (Å²) in [4.78, 5) is -0.284. The average molecular weight is 435 g/mol. The van der Waals surface area contributed by atoms with E-state index in [0.29, 0.717) is 5.56 Å². The van der Waals surface area contributed by atoms with Crippen molar-refractivity contribution in [3.05, 3.63) is 59.9 Å². The second kappa shape index (κ2) is 7.76. The van der Waals surface area contributed by atoms with Gasteiger partial charge in [-0.2, -0.15) is 4.57 Å². The fourth-order valence-electron chi connectivity index (χ4n) is 3.17. The minimum atomic E-state index is -3.92. The Labute approximate surface area is 171 Å². The number of aryl methyl sites for hydroxylation is 2. The summed E-state index contributed by atoms with van der Waals surface area (Å²) < 4.78 is 59.1. The molecule has 8 heteroatoms. The zero-order valence-corrected chi connectivity index (χ0v) is 18.5. The van der Waals surface area contributed by atoms with Crippen LogP contribution in [-0.2, 0) is 19.7 Å². The monoisotopic (exact) mass is 434 g/mol. The predicted molar refractivity (Wildman–Crippen MR) is 111 cm³/mol. The molecule has 0 saturated carbocycles. The Hall–Kier alpha value is -2.45. The lowest BCUT2D eigenvalue weighted by atomic mass is 10.0. The summed E-state index contributed by atoms with van der Waals surface area (Å²) in [5, 5.41) is -0.497. The molecular formula is C21H24NO5S2+. The van der Waals surface area contributed by atoms with Gasteiger partial charge in [0.15, 0.2) is 27.1 Å². The van der Waals surface area contributed by atoms with Gasteiger partial charge < -0.3 is 4.42 Å². The van der Waals surface area contributed by atoms with Gasteiger partial charge in [0.25, 0.3) is 5.69 Å². The van der Waals surface area contributed by atoms with Crippen LogP contribution in [0, 0.1) is 13.8 Å². The summed E-state index contributed by atoms with van der Waals surface area (Å²) in [7, 11) is -7.82. The Bertz CT molecular complexity index is 1260. The van der Waals surface area contributed by atoms with E-state index >= 15 is 0 Å². The van der Waals surface area contributed by atoms with Gasteiger partial charge in [-0.05, 0) is 19.4 Å². The SMILES string of the molecule is CCS(=O)(=O)c1oc(-c2ccc(C)cc2C)c(-[n+]2ccccc2)c1S(=O)(=O)CC. The zero-order valence-electron chi connectivity index (χ0n) is 16.8. The highest BCUT2D eigenvalue weighted by atomic mass is 32.2. The number of hydrogen-bond acceptors (Lipinski definition) is 5. The molecule has 0 saturated heterocycles. The van der Waals surface area contributed by atoms with Gasteiger partial charge in [-0.25, -0.2) is 16.8 Å². The first-order valence-electron chi connectivity index (χ1n) is 9.29. The second-order valence-electron chi connectivity index (χ2n) is 6.80. The fraction of sp³-hybridized carbons (Fsp3) is 0.286. The van der Waals surface area contributed by atoms with Crippen molar-refractivity contribution in [1.82, 2.24) is 0 Å². The molecule has 1 aromatic carbocycles. The van der Waals surface area contributed by atoms with Crippen LogP contribution < -0.4 is 4.57 Å². The molecule has 3 rings (SSSR count). The molecule has 0 unspecified atom stereocenters. The van der Waals surface area contributed by atoms with Gasteiger partial charge in [0.2, 0.25) is 20.7 Å². The Morgan fingerprint density at radius 1 is 0.897 bits per heavy atom. The van der Waals surface area contributed by atoms with E-state index in [9.17, 15) is 16.8 Å². The average Bonchev–Trinajstić information content (AvgIpc) is 3.11. The summed E-state index contributed by atoms with van der Waals surface area (Å²) in [5.41, 5.74) is 2.76. The third kappa shape index (κ3) is 3.86. The lowest BCUT2D eigenvalue weighted by Gasteiger charge is -2.05. The standard InChI is InChI=1S/C21H24NO5S2/c1-5-28(23,24)20-18(22-12-8-7-9-13-22)19(27-21(20)29(25,26)6-2)17-11-10-15(3)14-16(17)4/h7-14H,5-6H2,1-4H3/q+1. The number of pyridine rings is 1. The van der Waals surface area contributed by atoms with Crippen molar-refractivity contribution in [2.45, 2.75) is 37.7 Å². The summed E-state index contributed by atoms with van der Waals surface area (Å²) >= 11 is 0. The fourth-order valence-corrected chi connectivity index (χ4v) is 5.87. The molecule has 0 atom stereocenters. The van der Waals surface area contributed by atoms with E-state index < -0.39 is 24.8 Å². The van der Waals surface area contributed by atoms with Gasteiger partial charge in [-0.15, -0.1) is 0 Å². The number of furan rings is 1. The first-order chi connectivity index (χ1) is 13.6. The first kappa shape index (κ1) is 21.3. The van der Waals surface area contributed by atoms with Crippen molar-refractivity contribution in [1.29, 1.82) is 0 Å². The molecule has 0 amide bonds. The lowest BCUT2D eigenvalue weighted by Crippen LogP contribution is -2.32. The molecule has 0 bridgehead atoms. The maximum atomic E-state index is 13.0. The molecule has 0 N–H and O–H groups in total. The number of rotatable bonds is 6. The van der Waals surface area contributed by atoms with Gasteiger partial charge in [0.1, 0.15) is 0 Å². The van der Waals surface area contributed by atoms with Crippen LogP contribution in [0.15, 0.2) is 63.2 Å². The van der Waals surface area contributed by atoms with Gasteiger partial charge in [-0.3, -0.25) is 0 Å². The second-order valence-corrected chi connectivity index (χ2v) is 11.2. The normalized spacial score (nSPS) is 12.3. The summed E-state index contributed by atoms with van der Waals surface area (Å²) in [6, 6.07) is 10.9. The van der Waals surface area contributed by atoms with E-state index in [1.807, 2.05) is 32.0 Å². The summed E-state index contributed by atoms with van der Waals surface area (Å²) in [6.07, 6.45) is 3.35. The number of hydrogen-bond donors (Lipinski definition) is 0. The van der Waals surface area contributed by atoms with Crippen LogP contribution in [0.5, 0.6) is 0 Å². The maximum absolute atomic E-state index is 13.0. The third-order valence-corrected chi connectivity index (χ3v) is 8.27. The molecule has 0 aliphatic heterocycles. The Kier molecular flexibility index (Phi) is 5.69. The topological polar surface area (TPSA) is 85.3 Å². The summed E-state index contributed by atoms with van der Waals surface area (Å²) in [6.45, 7) is 6.78. The van der Waals surface area contributed by atoms with Gasteiger partial charge >= 0.3 is 0 Å². The van der Waals surface area contributed by atoms with Crippen molar-refractivity contribution in [3.8, 4) is 17.0 Å². The van der Waals surface area contributed by atoms with E-state index in [1.54, 1.807) is 35.2 Å². The molecule has 29 heavy (non-hydrogen) atoms. The molecule has 154 valence electrons. The predicted octanol–water partition coefficient (Wildman–Crippen LogP) is 3.43. The van der Waals surface area contributed by atoms with Crippen molar-refractivity contribution in [2.24, 2.45) is 0 Å². The van der Waals surface area contributed by atoms with E-state index in [1.165, 1.54) is 13.8 Å². The van der Waals surface area contributed by atoms with Gasteiger partial charge in [-0.1, -0.05) is 43.7 Å². The van der Waals surface area contributed by atoms with Crippen LogP contribution in [0.1, 0.15) is 25.0 Å². The molecule has 0 fully saturated rings. The van der Waals surface area contributed by atoms with Gasteiger partial charge in [0, 0.05) is 17.7 Å². The lowest BCUT2D eigenvalue weighted by molar-refractivity contribution is -0.597. The third-order valence-electron chi connectivity index (χ3n) is 4.76. The molecule has 0 aliphatic rings. The smallest absolute Gasteiger partial charge is 0.277 e. The summed E-state index contributed by atoms with van der Waals surface area (Å²) in [5.74, 6) is -0.290. The quantitative estimate of drug-likeness (QED) is 0.555. The minimum Gasteiger partial charge on any atom is -0.436 e. The van der Waals surface area contributed by atoms with Crippen molar-refractivity contribution in [3.63, 3.8) is 0 Å². The van der Waals surface area contributed by atoms with Crippen molar-refractivity contribution >= 4 is 19.7 Å². The maximum Gasteiger partial charge on any atom is 0.277 e. The van der Waals surface area contributed by atoms with E-state index in [-0.39, 0.29) is 27.8 Å². The highest BCUT2D eigenvalue weighted by molar-refractivity contribution is 7.94. The number of benzene rings is 1. The highest BCUT2D eigenvalue weighted by Gasteiger charge is 2.40. The number of aromatic nitrogens is 1. The highest BCUT2D eigenvalue weighted by Crippen LogP contribution is 2.39. The van der Waals surface area contributed by atoms with Crippen LogP contribution in [0.2, 0.25) is 0 Å². The molecule has 0 radical (unpaired) electrons. The molecule has 2 aromatic heterocycles. The van der Waals surface area contributed by atoms with E-state index in [0.717, 1.165) is 11.1 Å². The Morgan fingerprint density at radius 2 is 1.52 bits per heavy atom. The van der Waals surface area contributed by atoms with E-state index in [2.05, 4.69) is 0 Å². The minimum absolute atomic E-state index is 0.214. The van der Waals surface area contributed by atoms with Crippen LogP contribution in [0.3, 0.4) is 0 Å². The van der Waals surface area contributed by atoms with Crippen molar-refractivity contribution in [2.75, 3.05) is 11.5 Å². The Morgan fingerprint density at radius 3 is 2.07 bits per heavy atom. The molecule has 3 aromatic rings. The van der Waals surface area contributed by atoms with Crippen LogP contribution in [0.25, 0.3) is 17.0 Å². The zero-order chi connectivity index (χ0) is 21.4. The van der Waals surface area contributed by atoms with Crippen molar-refractivity contribution < 1.29 is 25.8 Å². The molecule has 2 heterocycles. The molecule has 6 nitrogen and oxygen atoms in total. The van der Waals surface area contributed by atoms with Crippen LogP contribution in [0.4, 0.5) is 0 Å². The Balaban J connectivity index is 2.54. The molecular weight excluding hydrogens is 410 g/mol. The largest absolute Gasteiger partial charge is 0.436 e.